The molecule has 1 aromatic carbocycles. The van der Waals surface area contributed by atoms with E-state index < -0.39 is 10.0 Å². The third-order valence-corrected chi connectivity index (χ3v) is 3.47. The van der Waals surface area contributed by atoms with Crippen LogP contribution < -0.4 is 10.0 Å². The SMILES string of the molecule is Cc1nc(-c2ccc(NC(=O)CCNS(C)(=O)=O)cc2)n[nH]1. The molecule has 0 saturated heterocycles. The first kappa shape index (κ1) is 16.1. The number of hydrogen-bond donors (Lipinski definition) is 3. The van der Waals surface area contributed by atoms with E-state index in [1.807, 2.05) is 6.92 Å². The minimum Gasteiger partial charge on any atom is -0.326 e. The van der Waals surface area contributed by atoms with Crippen molar-refractivity contribution in [1.82, 2.24) is 19.9 Å². The molecule has 0 fully saturated rings. The number of aromatic amines is 1. The van der Waals surface area contributed by atoms with Crippen LogP contribution in [0, 0.1) is 6.92 Å². The number of amides is 1. The van der Waals surface area contributed by atoms with Crippen LogP contribution in [0.15, 0.2) is 24.3 Å². The molecule has 118 valence electrons. The summed E-state index contributed by atoms with van der Waals surface area (Å²) in [6.45, 7) is 1.88. The summed E-state index contributed by atoms with van der Waals surface area (Å²) in [4.78, 5) is 15.9. The number of H-pyrrole nitrogens is 1. The molecule has 9 heteroatoms. The van der Waals surface area contributed by atoms with E-state index in [1.165, 1.54) is 0 Å². The van der Waals surface area contributed by atoms with Crippen LogP contribution >= 0.6 is 0 Å². The van der Waals surface area contributed by atoms with Gasteiger partial charge >= 0.3 is 0 Å². The molecule has 0 bridgehead atoms. The van der Waals surface area contributed by atoms with Gasteiger partial charge in [-0.2, -0.15) is 5.10 Å². The van der Waals surface area contributed by atoms with Crippen LogP contribution in [0.25, 0.3) is 11.4 Å². The Labute approximate surface area is 128 Å². The van der Waals surface area contributed by atoms with Gasteiger partial charge < -0.3 is 5.32 Å². The van der Waals surface area contributed by atoms with Gasteiger partial charge in [0.15, 0.2) is 5.82 Å². The lowest BCUT2D eigenvalue weighted by Gasteiger charge is -2.06. The first-order chi connectivity index (χ1) is 10.3. The standard InChI is InChI=1S/C13H17N5O3S/c1-9-15-13(18-17-9)10-3-5-11(6-4-10)16-12(19)7-8-14-22(2,20)21/h3-6,14H,7-8H2,1-2H3,(H,16,19)(H,15,17,18). The maximum Gasteiger partial charge on any atom is 0.225 e. The van der Waals surface area contributed by atoms with Crippen molar-refractivity contribution < 1.29 is 13.2 Å². The fourth-order valence-electron chi connectivity index (χ4n) is 1.75. The summed E-state index contributed by atoms with van der Waals surface area (Å²) < 4.78 is 24.0. The Bertz CT molecular complexity index is 752. The van der Waals surface area contributed by atoms with Gasteiger partial charge in [0.25, 0.3) is 0 Å². The second kappa shape index (κ2) is 6.67. The van der Waals surface area contributed by atoms with Gasteiger partial charge in [0.1, 0.15) is 5.82 Å². The topological polar surface area (TPSA) is 117 Å². The van der Waals surface area contributed by atoms with Gasteiger partial charge in [0, 0.05) is 24.2 Å². The summed E-state index contributed by atoms with van der Waals surface area (Å²) in [5, 5.41) is 9.50. The van der Waals surface area contributed by atoms with Crippen LogP contribution in [0.1, 0.15) is 12.2 Å². The molecule has 0 atom stereocenters. The maximum absolute atomic E-state index is 11.7. The number of carbonyl (C=O) groups excluding carboxylic acids is 1. The van der Waals surface area contributed by atoms with E-state index in [0.717, 1.165) is 17.6 Å². The molecule has 0 spiro atoms. The number of aryl methyl sites for hydroxylation is 1. The third kappa shape index (κ3) is 4.93. The van der Waals surface area contributed by atoms with Gasteiger partial charge in [0.2, 0.25) is 15.9 Å². The van der Waals surface area contributed by atoms with E-state index >= 15 is 0 Å². The molecule has 1 aromatic heterocycles. The summed E-state index contributed by atoms with van der Waals surface area (Å²) in [5.41, 5.74) is 1.46. The molecule has 0 unspecified atom stereocenters. The Morgan fingerprint density at radius 3 is 2.50 bits per heavy atom. The van der Waals surface area contributed by atoms with Crippen LogP contribution in [0.2, 0.25) is 0 Å². The molecular formula is C13H17N5O3S. The second-order valence-electron chi connectivity index (χ2n) is 4.79. The highest BCUT2D eigenvalue weighted by Crippen LogP contribution is 2.17. The zero-order chi connectivity index (χ0) is 16.2. The molecule has 0 saturated carbocycles. The number of sulfonamides is 1. The van der Waals surface area contributed by atoms with Crippen LogP contribution in [0.5, 0.6) is 0 Å². The van der Waals surface area contributed by atoms with Crippen LogP contribution in [0.3, 0.4) is 0 Å². The van der Waals surface area contributed by atoms with Crippen molar-refractivity contribution in [2.45, 2.75) is 13.3 Å². The number of anilines is 1. The smallest absolute Gasteiger partial charge is 0.225 e. The van der Waals surface area contributed by atoms with E-state index in [9.17, 15) is 13.2 Å². The molecule has 1 amide bonds. The quantitative estimate of drug-likeness (QED) is 0.722. The molecule has 0 aliphatic carbocycles. The predicted octanol–water partition coefficient (Wildman–Crippen LogP) is 0.658. The number of hydrogen-bond acceptors (Lipinski definition) is 5. The highest BCUT2D eigenvalue weighted by atomic mass is 32.2. The third-order valence-electron chi connectivity index (χ3n) is 2.74. The number of benzene rings is 1. The molecule has 0 aliphatic rings. The Morgan fingerprint density at radius 1 is 1.27 bits per heavy atom. The summed E-state index contributed by atoms with van der Waals surface area (Å²) in [6.07, 6.45) is 1.11. The van der Waals surface area contributed by atoms with Crippen molar-refractivity contribution >= 4 is 21.6 Å². The highest BCUT2D eigenvalue weighted by molar-refractivity contribution is 7.88. The van der Waals surface area contributed by atoms with Crippen molar-refractivity contribution in [2.75, 3.05) is 18.1 Å². The molecule has 22 heavy (non-hydrogen) atoms. The summed E-state index contributed by atoms with van der Waals surface area (Å²) >= 11 is 0. The Balaban J connectivity index is 1.90. The number of nitrogens with zero attached hydrogens (tertiary/aromatic N) is 2. The fourth-order valence-corrected chi connectivity index (χ4v) is 2.22. The van der Waals surface area contributed by atoms with E-state index in [2.05, 4.69) is 25.2 Å². The molecular weight excluding hydrogens is 306 g/mol. The van der Waals surface area contributed by atoms with Gasteiger partial charge in [-0.15, -0.1) is 0 Å². The number of nitrogens with one attached hydrogen (secondary N) is 3. The van der Waals surface area contributed by atoms with Gasteiger partial charge in [-0.25, -0.2) is 18.1 Å². The lowest BCUT2D eigenvalue weighted by atomic mass is 10.2. The van der Waals surface area contributed by atoms with E-state index in [1.54, 1.807) is 24.3 Å². The molecule has 8 nitrogen and oxygen atoms in total. The second-order valence-corrected chi connectivity index (χ2v) is 6.62. The van der Waals surface area contributed by atoms with Crippen molar-refractivity contribution in [2.24, 2.45) is 0 Å². The fraction of sp³-hybridized carbons (Fsp3) is 0.308. The van der Waals surface area contributed by atoms with Gasteiger partial charge in [-0.1, -0.05) is 0 Å². The largest absolute Gasteiger partial charge is 0.326 e. The maximum atomic E-state index is 11.7. The van der Waals surface area contributed by atoms with Crippen LogP contribution in [0.4, 0.5) is 5.69 Å². The minimum absolute atomic E-state index is 0.0644. The zero-order valence-corrected chi connectivity index (χ0v) is 13.1. The molecule has 1 heterocycles. The average molecular weight is 323 g/mol. The molecule has 3 N–H and O–H groups in total. The van der Waals surface area contributed by atoms with Crippen molar-refractivity contribution in [3.05, 3.63) is 30.1 Å². The lowest BCUT2D eigenvalue weighted by molar-refractivity contribution is -0.116. The molecule has 0 radical (unpaired) electrons. The Kier molecular flexibility index (Phi) is 4.88. The van der Waals surface area contributed by atoms with Crippen LogP contribution in [-0.4, -0.2) is 42.3 Å². The number of rotatable bonds is 6. The molecule has 2 rings (SSSR count). The normalized spacial score (nSPS) is 11.4. The zero-order valence-electron chi connectivity index (χ0n) is 12.3. The monoisotopic (exact) mass is 323 g/mol. The molecule has 0 aliphatic heterocycles. The first-order valence-corrected chi connectivity index (χ1v) is 8.46. The summed E-state index contributed by atoms with van der Waals surface area (Å²) in [6, 6.07) is 7.08. The van der Waals surface area contributed by atoms with E-state index in [4.69, 9.17) is 0 Å². The number of carbonyl (C=O) groups is 1. The lowest BCUT2D eigenvalue weighted by Crippen LogP contribution is -2.26. The number of aromatic nitrogens is 3. The van der Waals surface area contributed by atoms with Gasteiger partial charge in [0.05, 0.1) is 6.26 Å². The summed E-state index contributed by atoms with van der Waals surface area (Å²) in [5.74, 6) is 1.05. The van der Waals surface area contributed by atoms with Crippen molar-refractivity contribution in [3.8, 4) is 11.4 Å². The summed E-state index contributed by atoms with van der Waals surface area (Å²) in [7, 11) is -3.27. The highest BCUT2D eigenvalue weighted by Gasteiger charge is 2.07. The van der Waals surface area contributed by atoms with Crippen molar-refractivity contribution in [3.63, 3.8) is 0 Å². The Hall–Kier alpha value is -2.26. The van der Waals surface area contributed by atoms with Crippen molar-refractivity contribution in [1.29, 1.82) is 0 Å². The first-order valence-electron chi connectivity index (χ1n) is 6.57. The predicted molar refractivity (Wildman–Crippen MR) is 82.6 cm³/mol. The Morgan fingerprint density at radius 2 is 1.95 bits per heavy atom. The van der Waals surface area contributed by atoms with E-state index in [0.29, 0.717) is 11.5 Å². The average Bonchev–Trinajstić information content (AvgIpc) is 2.85. The van der Waals surface area contributed by atoms with Crippen LogP contribution in [-0.2, 0) is 14.8 Å². The minimum atomic E-state index is -3.27. The van der Waals surface area contributed by atoms with Gasteiger partial charge in [-0.3, -0.25) is 9.89 Å². The van der Waals surface area contributed by atoms with E-state index in [-0.39, 0.29) is 18.9 Å². The van der Waals surface area contributed by atoms with Gasteiger partial charge in [-0.05, 0) is 31.2 Å². The molecule has 2 aromatic rings.